The molecule has 1 atom stereocenters. The fourth-order valence-electron chi connectivity index (χ4n) is 1.64. The van der Waals surface area contributed by atoms with E-state index in [-0.39, 0.29) is 16.7 Å². The van der Waals surface area contributed by atoms with Crippen molar-refractivity contribution < 1.29 is 4.79 Å². The van der Waals surface area contributed by atoms with Gasteiger partial charge in [-0.1, -0.05) is 32.4 Å². The second-order valence-corrected chi connectivity index (χ2v) is 6.63. The molecule has 100 valence electrons. The third-order valence-electron chi connectivity index (χ3n) is 2.42. The molecule has 1 unspecified atom stereocenters. The highest BCUT2D eigenvalue weighted by Gasteiger charge is 2.17. The highest BCUT2D eigenvalue weighted by molar-refractivity contribution is 6.30. The summed E-state index contributed by atoms with van der Waals surface area (Å²) in [4.78, 5) is 11.8. The molecule has 0 bridgehead atoms. The summed E-state index contributed by atoms with van der Waals surface area (Å²) in [6, 6.07) is 6.79. The van der Waals surface area contributed by atoms with E-state index in [2.05, 4.69) is 26.1 Å². The first-order valence-electron chi connectivity index (χ1n) is 5.96. The Morgan fingerprint density at radius 1 is 1.28 bits per heavy atom. The first-order valence-corrected chi connectivity index (χ1v) is 6.77. The van der Waals surface area contributed by atoms with Crippen LogP contribution in [-0.2, 0) is 0 Å². The number of hydrogen-bond donors (Lipinski definition) is 1. The molecule has 0 aliphatic rings. The van der Waals surface area contributed by atoms with Gasteiger partial charge in [-0.05, 0) is 36.1 Å². The summed E-state index contributed by atoms with van der Waals surface area (Å²) in [6.07, 6.45) is 0.857. The van der Waals surface area contributed by atoms with E-state index in [9.17, 15) is 4.79 Å². The van der Waals surface area contributed by atoms with Gasteiger partial charge in [-0.15, -0.1) is 11.6 Å². The lowest BCUT2D eigenvalue weighted by atomic mass is 9.90. The van der Waals surface area contributed by atoms with Gasteiger partial charge < -0.3 is 5.32 Å². The molecular weight excluding hydrogens is 269 g/mol. The Bertz CT molecular complexity index is 395. The SMILES string of the molecule is CC(C)(C)CC(Cl)CNC(=O)c1ccc(Cl)cc1. The standard InChI is InChI=1S/C14H19Cl2NO/c1-14(2,3)8-12(16)9-17-13(18)10-4-6-11(15)7-5-10/h4-7,12H,8-9H2,1-3H3,(H,17,18). The fourth-order valence-corrected chi connectivity index (χ4v) is 2.31. The van der Waals surface area contributed by atoms with Crippen molar-refractivity contribution in [1.29, 1.82) is 0 Å². The topological polar surface area (TPSA) is 29.1 Å². The van der Waals surface area contributed by atoms with Crippen LogP contribution >= 0.6 is 23.2 Å². The molecule has 0 aromatic heterocycles. The zero-order chi connectivity index (χ0) is 13.8. The van der Waals surface area contributed by atoms with E-state index in [4.69, 9.17) is 23.2 Å². The van der Waals surface area contributed by atoms with Crippen molar-refractivity contribution >= 4 is 29.1 Å². The number of hydrogen-bond acceptors (Lipinski definition) is 1. The van der Waals surface area contributed by atoms with Crippen molar-refractivity contribution in [2.45, 2.75) is 32.6 Å². The molecule has 1 aromatic rings. The van der Waals surface area contributed by atoms with E-state index < -0.39 is 0 Å². The Hall–Kier alpha value is -0.730. The quantitative estimate of drug-likeness (QED) is 0.830. The van der Waals surface area contributed by atoms with Crippen LogP contribution in [0.15, 0.2) is 24.3 Å². The maximum atomic E-state index is 11.8. The van der Waals surface area contributed by atoms with Crippen LogP contribution in [0.3, 0.4) is 0 Å². The van der Waals surface area contributed by atoms with Crippen molar-refractivity contribution in [2.24, 2.45) is 5.41 Å². The van der Waals surface area contributed by atoms with Crippen molar-refractivity contribution in [3.05, 3.63) is 34.9 Å². The number of benzene rings is 1. The summed E-state index contributed by atoms with van der Waals surface area (Å²) in [5.41, 5.74) is 0.760. The summed E-state index contributed by atoms with van der Waals surface area (Å²) in [5, 5.41) is 3.39. The second-order valence-electron chi connectivity index (χ2n) is 5.58. The maximum Gasteiger partial charge on any atom is 0.251 e. The summed E-state index contributed by atoms with van der Waals surface area (Å²) in [5.74, 6) is -0.119. The van der Waals surface area contributed by atoms with Crippen LogP contribution in [0.2, 0.25) is 5.02 Å². The lowest BCUT2D eigenvalue weighted by molar-refractivity contribution is 0.0952. The number of amides is 1. The average Bonchev–Trinajstić information content (AvgIpc) is 2.24. The predicted octanol–water partition coefficient (Wildman–Crippen LogP) is 4.11. The van der Waals surface area contributed by atoms with Gasteiger partial charge in [-0.2, -0.15) is 0 Å². The van der Waals surface area contributed by atoms with Crippen LogP contribution in [0.25, 0.3) is 0 Å². The van der Waals surface area contributed by atoms with Crippen LogP contribution in [-0.4, -0.2) is 17.8 Å². The minimum Gasteiger partial charge on any atom is -0.351 e. The van der Waals surface area contributed by atoms with E-state index in [1.807, 2.05) is 0 Å². The summed E-state index contributed by atoms with van der Waals surface area (Å²) in [6.45, 7) is 6.86. The zero-order valence-corrected chi connectivity index (χ0v) is 12.5. The molecule has 1 aromatic carbocycles. The second kappa shape index (κ2) is 6.44. The molecule has 0 fully saturated rings. The summed E-state index contributed by atoms with van der Waals surface area (Å²) >= 11 is 12.0. The van der Waals surface area contributed by atoms with E-state index in [0.29, 0.717) is 17.1 Å². The van der Waals surface area contributed by atoms with Gasteiger partial charge in [0.15, 0.2) is 0 Å². The largest absolute Gasteiger partial charge is 0.351 e. The third-order valence-corrected chi connectivity index (χ3v) is 2.98. The molecule has 0 radical (unpaired) electrons. The van der Waals surface area contributed by atoms with E-state index >= 15 is 0 Å². The molecule has 1 amide bonds. The van der Waals surface area contributed by atoms with Crippen LogP contribution in [0, 0.1) is 5.41 Å². The highest BCUT2D eigenvalue weighted by Crippen LogP contribution is 2.23. The molecule has 0 aliphatic carbocycles. The molecular formula is C14H19Cl2NO. The van der Waals surface area contributed by atoms with E-state index in [1.54, 1.807) is 24.3 Å². The number of rotatable bonds is 4. The maximum absolute atomic E-state index is 11.8. The Morgan fingerprint density at radius 3 is 2.33 bits per heavy atom. The number of carbonyl (C=O) groups is 1. The van der Waals surface area contributed by atoms with Crippen LogP contribution in [0.1, 0.15) is 37.6 Å². The van der Waals surface area contributed by atoms with Crippen molar-refractivity contribution in [3.8, 4) is 0 Å². The van der Waals surface area contributed by atoms with Gasteiger partial charge in [0, 0.05) is 17.1 Å². The first-order chi connectivity index (χ1) is 8.28. The van der Waals surface area contributed by atoms with Gasteiger partial charge in [-0.3, -0.25) is 4.79 Å². The van der Waals surface area contributed by atoms with Crippen molar-refractivity contribution in [1.82, 2.24) is 5.32 Å². The molecule has 1 rings (SSSR count). The number of halogens is 2. The van der Waals surface area contributed by atoms with Crippen molar-refractivity contribution in [3.63, 3.8) is 0 Å². The fraction of sp³-hybridized carbons (Fsp3) is 0.500. The van der Waals surface area contributed by atoms with Crippen LogP contribution < -0.4 is 5.32 Å². The lowest BCUT2D eigenvalue weighted by Gasteiger charge is -2.21. The average molecular weight is 288 g/mol. The zero-order valence-electron chi connectivity index (χ0n) is 11.0. The van der Waals surface area contributed by atoms with Crippen molar-refractivity contribution in [2.75, 3.05) is 6.54 Å². The van der Waals surface area contributed by atoms with E-state index in [0.717, 1.165) is 6.42 Å². The smallest absolute Gasteiger partial charge is 0.251 e. The third kappa shape index (κ3) is 5.74. The first kappa shape index (κ1) is 15.3. The molecule has 0 saturated carbocycles. The summed E-state index contributed by atoms with van der Waals surface area (Å²) in [7, 11) is 0. The van der Waals surface area contributed by atoms with Gasteiger partial charge in [0.25, 0.3) is 5.91 Å². The minimum atomic E-state index is -0.119. The van der Waals surface area contributed by atoms with Crippen LogP contribution in [0.4, 0.5) is 0 Å². The Kier molecular flexibility index (Phi) is 5.48. The predicted molar refractivity (Wildman–Crippen MR) is 77.5 cm³/mol. The van der Waals surface area contributed by atoms with Gasteiger partial charge in [-0.25, -0.2) is 0 Å². The highest BCUT2D eigenvalue weighted by atomic mass is 35.5. The molecule has 2 nitrogen and oxygen atoms in total. The molecule has 1 N–H and O–H groups in total. The molecule has 0 aliphatic heterocycles. The van der Waals surface area contributed by atoms with Gasteiger partial charge in [0.1, 0.15) is 0 Å². The van der Waals surface area contributed by atoms with Gasteiger partial charge in [0.05, 0.1) is 5.38 Å². The van der Waals surface area contributed by atoms with Gasteiger partial charge in [0.2, 0.25) is 0 Å². The number of alkyl halides is 1. The number of nitrogens with one attached hydrogen (secondary N) is 1. The molecule has 0 heterocycles. The normalized spacial score (nSPS) is 13.2. The monoisotopic (exact) mass is 287 g/mol. The molecule has 4 heteroatoms. The number of carbonyl (C=O) groups excluding carboxylic acids is 1. The molecule has 0 spiro atoms. The minimum absolute atomic E-state index is 0.0544. The molecule has 18 heavy (non-hydrogen) atoms. The Morgan fingerprint density at radius 2 is 1.83 bits per heavy atom. The molecule has 0 saturated heterocycles. The van der Waals surface area contributed by atoms with E-state index in [1.165, 1.54) is 0 Å². The lowest BCUT2D eigenvalue weighted by Crippen LogP contribution is -2.31. The summed E-state index contributed by atoms with van der Waals surface area (Å²) < 4.78 is 0. The Labute approximate surface area is 119 Å². The van der Waals surface area contributed by atoms with Gasteiger partial charge >= 0.3 is 0 Å². The van der Waals surface area contributed by atoms with Crippen LogP contribution in [0.5, 0.6) is 0 Å². The Balaban J connectivity index is 2.44.